The van der Waals surface area contributed by atoms with Gasteiger partial charge < -0.3 is 4.90 Å². The Kier molecular flexibility index (Phi) is 4.28. The van der Waals surface area contributed by atoms with E-state index < -0.39 is 0 Å². The van der Waals surface area contributed by atoms with E-state index in [2.05, 4.69) is 40.7 Å². The predicted octanol–water partition coefficient (Wildman–Crippen LogP) is 3.24. The molecule has 0 aliphatic carbocycles. The summed E-state index contributed by atoms with van der Waals surface area (Å²) in [6.07, 6.45) is 0.526. The van der Waals surface area contributed by atoms with E-state index in [1.165, 1.54) is 16.0 Å². The predicted molar refractivity (Wildman–Crippen MR) is 90.4 cm³/mol. The maximum Gasteiger partial charge on any atom is 0.225 e. The molecule has 0 bridgehead atoms. The highest BCUT2D eigenvalue weighted by molar-refractivity contribution is 7.10. The fourth-order valence-corrected chi connectivity index (χ4v) is 3.54. The van der Waals surface area contributed by atoms with Crippen LogP contribution >= 0.6 is 11.3 Å². The van der Waals surface area contributed by atoms with Gasteiger partial charge in [-0.25, -0.2) is 0 Å². The summed E-state index contributed by atoms with van der Waals surface area (Å²) in [5.41, 5.74) is 3.38. The fourth-order valence-electron chi connectivity index (χ4n) is 2.55. The zero-order valence-electron chi connectivity index (χ0n) is 12.7. The van der Waals surface area contributed by atoms with Gasteiger partial charge in [0.15, 0.2) is 0 Å². The SMILES string of the molecule is CC#Cc1cccc(-c2csc([C@@H]3CC(=O)N(C)CN3)c2)c1. The van der Waals surface area contributed by atoms with Crippen LogP contribution in [-0.2, 0) is 4.79 Å². The summed E-state index contributed by atoms with van der Waals surface area (Å²) >= 11 is 1.70. The molecule has 0 spiro atoms. The third-order valence-corrected chi connectivity index (χ3v) is 4.85. The lowest BCUT2D eigenvalue weighted by Gasteiger charge is -2.29. The van der Waals surface area contributed by atoms with E-state index in [9.17, 15) is 4.79 Å². The van der Waals surface area contributed by atoms with Gasteiger partial charge >= 0.3 is 0 Å². The molecule has 1 aromatic carbocycles. The summed E-state index contributed by atoms with van der Waals surface area (Å²) < 4.78 is 0. The Morgan fingerprint density at radius 3 is 2.95 bits per heavy atom. The van der Waals surface area contributed by atoms with Crippen molar-refractivity contribution in [2.45, 2.75) is 19.4 Å². The van der Waals surface area contributed by atoms with Crippen molar-refractivity contribution in [3.8, 4) is 23.0 Å². The Morgan fingerprint density at radius 2 is 2.18 bits per heavy atom. The summed E-state index contributed by atoms with van der Waals surface area (Å²) in [7, 11) is 1.83. The standard InChI is InChI=1S/C18H18N2OS/c1-3-5-13-6-4-7-14(8-13)15-9-17(22-11-15)16-10-18(21)20(2)12-19-16/h4,6-9,11,16,19H,10,12H2,1-2H3/t16-/m0/s1. The zero-order chi connectivity index (χ0) is 15.5. The number of thiophene rings is 1. The minimum atomic E-state index is 0.126. The van der Waals surface area contributed by atoms with Crippen LogP contribution < -0.4 is 5.32 Å². The number of benzene rings is 1. The molecule has 1 aliphatic rings. The number of rotatable bonds is 2. The van der Waals surface area contributed by atoms with Crippen molar-refractivity contribution in [3.05, 3.63) is 46.2 Å². The van der Waals surface area contributed by atoms with Crippen molar-refractivity contribution in [1.29, 1.82) is 0 Å². The van der Waals surface area contributed by atoms with Crippen molar-refractivity contribution in [3.63, 3.8) is 0 Å². The normalized spacial score (nSPS) is 18.0. The molecule has 0 saturated carbocycles. The minimum absolute atomic E-state index is 0.126. The highest BCUT2D eigenvalue weighted by Gasteiger charge is 2.24. The number of carbonyl (C=O) groups excluding carboxylic acids is 1. The smallest absolute Gasteiger partial charge is 0.225 e. The van der Waals surface area contributed by atoms with Gasteiger partial charge in [0.2, 0.25) is 5.91 Å². The van der Waals surface area contributed by atoms with Gasteiger partial charge in [-0.05, 0) is 41.6 Å². The Labute approximate surface area is 135 Å². The quantitative estimate of drug-likeness (QED) is 0.864. The molecule has 0 radical (unpaired) electrons. The van der Waals surface area contributed by atoms with Gasteiger partial charge in [0.25, 0.3) is 0 Å². The van der Waals surface area contributed by atoms with E-state index in [0.717, 1.165) is 5.56 Å². The summed E-state index contributed by atoms with van der Waals surface area (Å²) in [4.78, 5) is 14.8. The van der Waals surface area contributed by atoms with Crippen molar-refractivity contribution in [2.75, 3.05) is 13.7 Å². The van der Waals surface area contributed by atoms with Crippen LogP contribution in [0.25, 0.3) is 11.1 Å². The van der Waals surface area contributed by atoms with Crippen LogP contribution in [-0.4, -0.2) is 24.5 Å². The maximum atomic E-state index is 11.8. The van der Waals surface area contributed by atoms with Gasteiger partial charge in [-0.1, -0.05) is 18.1 Å². The molecule has 1 amide bonds. The lowest BCUT2D eigenvalue weighted by Crippen LogP contribution is -2.44. The van der Waals surface area contributed by atoms with Crippen LogP contribution in [0.2, 0.25) is 0 Å². The van der Waals surface area contributed by atoms with E-state index in [-0.39, 0.29) is 11.9 Å². The molecule has 3 nitrogen and oxygen atoms in total. The van der Waals surface area contributed by atoms with Crippen LogP contribution in [0.1, 0.15) is 29.8 Å². The topological polar surface area (TPSA) is 32.3 Å². The number of hydrogen-bond donors (Lipinski definition) is 1. The molecule has 1 saturated heterocycles. The first-order valence-corrected chi connectivity index (χ1v) is 8.14. The fraction of sp³-hybridized carbons (Fsp3) is 0.278. The van der Waals surface area contributed by atoms with Crippen LogP contribution in [0.15, 0.2) is 35.7 Å². The number of nitrogens with zero attached hydrogens (tertiary/aromatic N) is 1. The van der Waals surface area contributed by atoms with Gasteiger partial charge in [0.05, 0.1) is 12.7 Å². The van der Waals surface area contributed by atoms with E-state index in [4.69, 9.17) is 0 Å². The van der Waals surface area contributed by atoms with E-state index in [0.29, 0.717) is 13.1 Å². The summed E-state index contributed by atoms with van der Waals surface area (Å²) in [5, 5.41) is 5.56. The second-order valence-corrected chi connectivity index (χ2v) is 6.35. The zero-order valence-corrected chi connectivity index (χ0v) is 13.5. The van der Waals surface area contributed by atoms with Crippen molar-refractivity contribution in [1.82, 2.24) is 10.2 Å². The van der Waals surface area contributed by atoms with Crippen LogP contribution in [0, 0.1) is 11.8 Å². The molecule has 0 unspecified atom stereocenters. The van der Waals surface area contributed by atoms with Gasteiger partial charge in [0.1, 0.15) is 0 Å². The molecule has 1 aliphatic heterocycles. The highest BCUT2D eigenvalue weighted by atomic mass is 32.1. The monoisotopic (exact) mass is 310 g/mol. The molecular weight excluding hydrogens is 292 g/mol. The van der Waals surface area contributed by atoms with Crippen molar-refractivity contribution < 1.29 is 4.79 Å². The second-order valence-electron chi connectivity index (χ2n) is 5.40. The third kappa shape index (κ3) is 3.06. The molecule has 3 rings (SSSR count). The third-order valence-electron chi connectivity index (χ3n) is 3.81. The van der Waals surface area contributed by atoms with Crippen LogP contribution in [0.5, 0.6) is 0 Å². The molecule has 112 valence electrons. The molecule has 1 atom stereocenters. The first kappa shape index (κ1) is 14.8. The summed E-state index contributed by atoms with van der Waals surface area (Å²) in [6, 6.07) is 10.6. The van der Waals surface area contributed by atoms with Crippen molar-refractivity contribution in [2.24, 2.45) is 0 Å². The minimum Gasteiger partial charge on any atom is -0.333 e. The Morgan fingerprint density at radius 1 is 1.32 bits per heavy atom. The number of hydrogen-bond acceptors (Lipinski definition) is 3. The van der Waals surface area contributed by atoms with Gasteiger partial charge in [-0.15, -0.1) is 17.3 Å². The Hall–Kier alpha value is -2.09. The van der Waals surface area contributed by atoms with Crippen LogP contribution in [0.3, 0.4) is 0 Å². The van der Waals surface area contributed by atoms with E-state index in [1.54, 1.807) is 16.2 Å². The lowest BCUT2D eigenvalue weighted by atomic mass is 10.0. The molecule has 2 aromatic rings. The molecule has 2 heterocycles. The van der Waals surface area contributed by atoms with Crippen molar-refractivity contribution >= 4 is 17.2 Å². The first-order chi connectivity index (χ1) is 10.7. The van der Waals surface area contributed by atoms with E-state index >= 15 is 0 Å². The molecule has 1 fully saturated rings. The first-order valence-electron chi connectivity index (χ1n) is 7.26. The second kappa shape index (κ2) is 6.35. The number of amides is 1. The molecule has 1 N–H and O–H groups in total. The molecule has 22 heavy (non-hydrogen) atoms. The lowest BCUT2D eigenvalue weighted by molar-refractivity contribution is -0.133. The highest BCUT2D eigenvalue weighted by Crippen LogP contribution is 2.32. The van der Waals surface area contributed by atoms with Crippen LogP contribution in [0.4, 0.5) is 0 Å². The van der Waals surface area contributed by atoms with Gasteiger partial charge in [0, 0.05) is 23.9 Å². The van der Waals surface area contributed by atoms with Gasteiger partial charge in [-0.2, -0.15) is 0 Å². The number of carbonyl (C=O) groups is 1. The Bertz CT molecular complexity index is 754. The maximum absolute atomic E-state index is 11.8. The van der Waals surface area contributed by atoms with E-state index in [1.807, 2.05) is 26.1 Å². The molecular formula is C18H18N2OS. The molecule has 1 aromatic heterocycles. The Balaban J connectivity index is 1.83. The average molecular weight is 310 g/mol. The average Bonchev–Trinajstić information content (AvgIpc) is 3.01. The largest absolute Gasteiger partial charge is 0.333 e. The summed E-state index contributed by atoms with van der Waals surface area (Å²) in [5.74, 6) is 6.21. The molecule has 4 heteroatoms. The van der Waals surface area contributed by atoms with Gasteiger partial charge in [-0.3, -0.25) is 10.1 Å². The number of nitrogens with one attached hydrogen (secondary N) is 1. The summed E-state index contributed by atoms with van der Waals surface area (Å²) in [6.45, 7) is 2.45.